The van der Waals surface area contributed by atoms with E-state index in [1.54, 1.807) is 13.8 Å². The molecule has 134 valence electrons. The number of hydrogen-bond acceptors (Lipinski definition) is 5. The number of rotatable bonds is 5. The Morgan fingerprint density at radius 1 is 1.17 bits per heavy atom. The summed E-state index contributed by atoms with van der Waals surface area (Å²) in [6, 6.07) is 0.262. The molecule has 2 saturated heterocycles. The summed E-state index contributed by atoms with van der Waals surface area (Å²) in [6.45, 7) is 7.59. The van der Waals surface area contributed by atoms with Crippen LogP contribution in [0.1, 0.15) is 20.3 Å². The van der Waals surface area contributed by atoms with Crippen LogP contribution >= 0.6 is 22.6 Å². The molecule has 2 rings (SSSR count). The highest BCUT2D eigenvalue weighted by Crippen LogP contribution is 2.43. The molecule has 0 radical (unpaired) electrons. The SMILES string of the molecule is CCOC(=O)C1(C(=O)OCC)CC(CI)[N+]2(CCOCC2)C1.[I-]. The van der Waals surface area contributed by atoms with Crippen molar-refractivity contribution >= 4 is 34.5 Å². The smallest absolute Gasteiger partial charge is 0.329 e. The molecule has 0 N–H and O–H groups in total. The number of esters is 2. The highest BCUT2D eigenvalue weighted by atomic mass is 127. The van der Waals surface area contributed by atoms with Crippen LogP contribution in [0, 0.1) is 5.41 Å². The molecule has 2 fully saturated rings. The van der Waals surface area contributed by atoms with Crippen molar-refractivity contribution in [3.8, 4) is 0 Å². The molecule has 0 bridgehead atoms. The number of halogens is 2. The van der Waals surface area contributed by atoms with Gasteiger partial charge in [0.1, 0.15) is 25.7 Å². The minimum atomic E-state index is -1.15. The number of carbonyl (C=O) groups is 2. The number of nitrogens with zero attached hydrogens (tertiary/aromatic N) is 1. The van der Waals surface area contributed by atoms with Crippen LogP contribution in [0.25, 0.3) is 0 Å². The maximum absolute atomic E-state index is 12.6. The standard InChI is InChI=1S/C15H25INO5.HI/c1-3-21-13(18)15(14(19)22-4-2)9-12(10-16)17(11-15)5-7-20-8-6-17;/h12H,3-11H2,1-2H3;1H/q+1;/p-1. The largest absolute Gasteiger partial charge is 1.00 e. The Morgan fingerprint density at radius 3 is 2.13 bits per heavy atom. The highest BCUT2D eigenvalue weighted by molar-refractivity contribution is 14.1. The Morgan fingerprint density at radius 2 is 1.70 bits per heavy atom. The molecule has 0 saturated carbocycles. The Kier molecular flexibility index (Phi) is 8.49. The molecule has 2 heterocycles. The van der Waals surface area contributed by atoms with Crippen LogP contribution in [0.2, 0.25) is 0 Å². The van der Waals surface area contributed by atoms with Crippen molar-refractivity contribution in [2.24, 2.45) is 5.41 Å². The number of hydrogen-bond donors (Lipinski definition) is 0. The van der Waals surface area contributed by atoms with Gasteiger partial charge in [0.2, 0.25) is 5.41 Å². The third kappa shape index (κ3) is 4.12. The molecule has 6 nitrogen and oxygen atoms in total. The monoisotopic (exact) mass is 553 g/mol. The summed E-state index contributed by atoms with van der Waals surface area (Å²) in [5.74, 6) is -0.852. The average Bonchev–Trinajstić information content (AvgIpc) is 2.84. The van der Waals surface area contributed by atoms with Crippen LogP contribution in [-0.2, 0) is 23.8 Å². The summed E-state index contributed by atoms with van der Waals surface area (Å²) in [5, 5.41) is 0. The number of carbonyl (C=O) groups excluding carboxylic acids is 2. The first-order valence-corrected chi connectivity index (χ1v) is 9.41. The Balaban J connectivity index is 0.00000264. The maximum Gasteiger partial charge on any atom is 0.329 e. The zero-order chi connectivity index (χ0) is 16.2. The number of alkyl halides is 1. The quantitative estimate of drug-likeness (QED) is 0.132. The average molecular weight is 553 g/mol. The lowest BCUT2D eigenvalue weighted by atomic mass is 9.85. The lowest BCUT2D eigenvalue weighted by molar-refractivity contribution is -0.944. The zero-order valence-electron chi connectivity index (χ0n) is 13.7. The van der Waals surface area contributed by atoms with Crippen LogP contribution in [0.3, 0.4) is 0 Å². The van der Waals surface area contributed by atoms with Gasteiger partial charge < -0.3 is 42.7 Å². The van der Waals surface area contributed by atoms with Gasteiger partial charge in [0.05, 0.1) is 30.9 Å². The molecule has 0 amide bonds. The molecule has 0 aromatic rings. The minimum absolute atomic E-state index is 0. The summed E-state index contributed by atoms with van der Waals surface area (Å²) in [7, 11) is 0. The van der Waals surface area contributed by atoms with E-state index in [4.69, 9.17) is 14.2 Å². The fraction of sp³-hybridized carbons (Fsp3) is 0.867. The molecule has 1 unspecified atom stereocenters. The van der Waals surface area contributed by atoms with Gasteiger partial charge >= 0.3 is 11.9 Å². The normalized spacial score (nSPS) is 24.7. The summed E-state index contributed by atoms with van der Waals surface area (Å²) in [6.07, 6.45) is 0.508. The number of quaternary nitrogens is 1. The number of morpholine rings is 1. The van der Waals surface area contributed by atoms with Gasteiger partial charge in [0.25, 0.3) is 0 Å². The van der Waals surface area contributed by atoms with Crippen molar-refractivity contribution in [3.63, 3.8) is 0 Å². The van der Waals surface area contributed by atoms with E-state index in [-0.39, 0.29) is 43.2 Å². The highest BCUT2D eigenvalue weighted by Gasteiger charge is 2.64. The lowest BCUT2D eigenvalue weighted by Gasteiger charge is -2.42. The molecule has 23 heavy (non-hydrogen) atoms. The van der Waals surface area contributed by atoms with Crippen molar-refractivity contribution < 1.29 is 52.3 Å². The second kappa shape index (κ2) is 9.14. The van der Waals surface area contributed by atoms with E-state index in [2.05, 4.69) is 22.6 Å². The Bertz CT molecular complexity index is 408. The molecule has 0 aromatic heterocycles. The maximum atomic E-state index is 12.6. The van der Waals surface area contributed by atoms with Gasteiger partial charge in [-0.25, -0.2) is 0 Å². The first-order chi connectivity index (χ1) is 10.5. The predicted octanol–water partition coefficient (Wildman–Crippen LogP) is -1.84. The molecule has 2 aliphatic heterocycles. The third-order valence-electron chi connectivity index (χ3n) is 4.82. The van der Waals surface area contributed by atoms with Gasteiger partial charge in [0.15, 0.2) is 0 Å². The molecule has 0 aliphatic carbocycles. The van der Waals surface area contributed by atoms with E-state index in [1.165, 1.54) is 0 Å². The zero-order valence-corrected chi connectivity index (χ0v) is 18.0. The van der Waals surface area contributed by atoms with Gasteiger partial charge in [-0.05, 0) is 13.8 Å². The molecular formula is C15H25I2NO5. The summed E-state index contributed by atoms with van der Waals surface area (Å²) in [4.78, 5) is 25.2. The summed E-state index contributed by atoms with van der Waals surface area (Å²) in [5.41, 5.74) is -1.15. The van der Waals surface area contributed by atoms with E-state index in [0.717, 1.165) is 22.0 Å². The molecule has 1 atom stereocenters. The van der Waals surface area contributed by atoms with E-state index in [1.807, 2.05) is 0 Å². The van der Waals surface area contributed by atoms with Crippen molar-refractivity contribution in [2.45, 2.75) is 26.3 Å². The molecular weight excluding hydrogens is 528 g/mol. The fourth-order valence-electron chi connectivity index (χ4n) is 3.68. The fourth-order valence-corrected chi connectivity index (χ4v) is 4.82. The van der Waals surface area contributed by atoms with Crippen LogP contribution in [-0.4, -0.2) is 73.0 Å². The second-order valence-corrected chi connectivity index (χ2v) is 6.85. The topological polar surface area (TPSA) is 61.8 Å². The molecule has 1 spiro atoms. The van der Waals surface area contributed by atoms with E-state index in [0.29, 0.717) is 26.2 Å². The summed E-state index contributed by atoms with van der Waals surface area (Å²) < 4.78 is 17.6. The molecule has 0 aromatic carbocycles. The summed E-state index contributed by atoms with van der Waals surface area (Å²) >= 11 is 2.35. The van der Waals surface area contributed by atoms with E-state index >= 15 is 0 Å². The van der Waals surface area contributed by atoms with E-state index < -0.39 is 17.4 Å². The molecule has 8 heteroatoms. The second-order valence-electron chi connectivity index (χ2n) is 5.97. The number of ether oxygens (including phenoxy) is 3. The predicted molar refractivity (Wildman–Crippen MR) is 88.7 cm³/mol. The van der Waals surface area contributed by atoms with Crippen LogP contribution < -0.4 is 24.0 Å². The Labute approximate surface area is 168 Å². The minimum Gasteiger partial charge on any atom is -1.00 e. The van der Waals surface area contributed by atoms with Gasteiger partial charge in [-0.15, -0.1) is 0 Å². The van der Waals surface area contributed by atoms with Gasteiger partial charge in [-0.3, -0.25) is 9.59 Å². The van der Waals surface area contributed by atoms with Gasteiger partial charge in [-0.2, -0.15) is 0 Å². The van der Waals surface area contributed by atoms with Gasteiger partial charge in [0, 0.05) is 6.42 Å². The first kappa shape index (κ1) is 21.4. The van der Waals surface area contributed by atoms with Gasteiger partial charge in [-0.1, -0.05) is 22.6 Å². The van der Waals surface area contributed by atoms with Crippen LogP contribution in [0.4, 0.5) is 0 Å². The van der Waals surface area contributed by atoms with Crippen LogP contribution in [0.15, 0.2) is 0 Å². The first-order valence-electron chi connectivity index (χ1n) is 7.88. The van der Waals surface area contributed by atoms with Crippen molar-refractivity contribution in [1.82, 2.24) is 0 Å². The van der Waals surface area contributed by atoms with Crippen molar-refractivity contribution in [3.05, 3.63) is 0 Å². The Hall–Kier alpha value is 0.320. The third-order valence-corrected chi connectivity index (χ3v) is 5.83. The lowest BCUT2D eigenvalue weighted by Crippen LogP contribution is -3.00. The van der Waals surface area contributed by atoms with E-state index in [9.17, 15) is 9.59 Å². The van der Waals surface area contributed by atoms with Crippen molar-refractivity contribution in [2.75, 3.05) is 50.5 Å². The molecule has 2 aliphatic rings. The van der Waals surface area contributed by atoms with Crippen molar-refractivity contribution in [1.29, 1.82) is 0 Å². The van der Waals surface area contributed by atoms with Crippen LogP contribution in [0.5, 0.6) is 0 Å².